The Kier molecular flexibility index (Phi) is 4.57. The van der Waals surface area contributed by atoms with E-state index >= 15 is 0 Å². The maximum absolute atomic E-state index is 11.6. The minimum atomic E-state index is -0.583. The third-order valence-electron chi connectivity index (χ3n) is 3.92. The van der Waals surface area contributed by atoms with Gasteiger partial charge in [-0.15, -0.1) is 0 Å². The Morgan fingerprint density at radius 1 is 1.36 bits per heavy atom. The molecule has 0 saturated heterocycles. The van der Waals surface area contributed by atoms with Gasteiger partial charge in [-0.25, -0.2) is 9.20 Å². The number of hydrogen-bond donors (Lipinski definition) is 1. The summed E-state index contributed by atoms with van der Waals surface area (Å²) in [7, 11) is 0. The second-order valence-corrected chi connectivity index (χ2v) is 5.48. The summed E-state index contributed by atoms with van der Waals surface area (Å²) in [6.07, 6.45) is 4.79. The van der Waals surface area contributed by atoms with Crippen molar-refractivity contribution < 1.29 is 9.53 Å². The van der Waals surface area contributed by atoms with Crippen LogP contribution in [-0.4, -0.2) is 31.9 Å². The highest BCUT2D eigenvalue weighted by atomic mass is 16.5. The molecule has 0 aromatic carbocycles. The lowest BCUT2D eigenvalue weighted by atomic mass is 10.0. The topological polar surface area (TPSA) is 117 Å². The molecule has 25 heavy (non-hydrogen) atoms. The molecule has 0 aliphatic heterocycles. The van der Waals surface area contributed by atoms with Gasteiger partial charge in [0, 0.05) is 29.5 Å². The van der Waals surface area contributed by atoms with Gasteiger partial charge >= 0.3 is 0 Å². The fourth-order valence-corrected chi connectivity index (χ4v) is 2.79. The second-order valence-electron chi connectivity index (χ2n) is 5.48. The molecule has 0 aliphatic carbocycles. The van der Waals surface area contributed by atoms with Crippen LogP contribution in [0.5, 0.6) is 0 Å². The van der Waals surface area contributed by atoms with Crippen LogP contribution in [0.15, 0.2) is 35.9 Å². The van der Waals surface area contributed by atoms with Gasteiger partial charge in [0.1, 0.15) is 18.5 Å². The van der Waals surface area contributed by atoms with Crippen LogP contribution in [0.2, 0.25) is 0 Å². The number of aromatic nitrogens is 4. The van der Waals surface area contributed by atoms with Gasteiger partial charge in [0.15, 0.2) is 0 Å². The molecule has 3 heterocycles. The lowest BCUT2D eigenvalue weighted by Crippen LogP contribution is -2.15. The third-order valence-corrected chi connectivity index (χ3v) is 3.92. The number of primary amides is 1. The first-order valence-electron chi connectivity index (χ1n) is 7.81. The average molecular weight is 342 g/mol. The molecule has 9 nitrogen and oxygen atoms in total. The van der Waals surface area contributed by atoms with Gasteiger partial charge in [-0.3, -0.25) is 4.79 Å². The van der Waals surface area contributed by atoms with Crippen molar-refractivity contribution in [1.29, 1.82) is 0 Å². The van der Waals surface area contributed by atoms with Crippen LogP contribution in [0, 0.1) is 4.91 Å². The van der Waals surface area contributed by atoms with Crippen LogP contribution in [0.4, 0.5) is 0 Å². The Bertz CT molecular complexity index is 929. The van der Waals surface area contributed by atoms with Gasteiger partial charge in [0.05, 0.1) is 17.9 Å². The summed E-state index contributed by atoms with van der Waals surface area (Å²) in [6, 6.07) is 3.33. The smallest absolute Gasteiger partial charge is 0.267 e. The lowest BCUT2D eigenvalue weighted by molar-refractivity contribution is 0.0160. The Morgan fingerprint density at radius 3 is 2.84 bits per heavy atom. The number of amides is 1. The summed E-state index contributed by atoms with van der Waals surface area (Å²) in [5, 5.41) is 11.5. The number of rotatable bonds is 7. The predicted molar refractivity (Wildman–Crippen MR) is 90.8 cm³/mol. The monoisotopic (exact) mass is 342 g/mol. The standard InChI is InChI=1S/C16H18N6O3/c1-3-25-10(2)21-9-12(7-18-21)15-11(8-20-24)6-19-22-13(15)4-5-14(22)16(17)23/h4-7,9-10H,3,8H2,1-2H3,(H2,17,23). The van der Waals surface area contributed by atoms with Crippen molar-refractivity contribution >= 4 is 11.4 Å². The van der Waals surface area contributed by atoms with Gasteiger partial charge in [0.25, 0.3) is 5.91 Å². The molecule has 3 rings (SSSR count). The van der Waals surface area contributed by atoms with Crippen LogP contribution < -0.4 is 5.73 Å². The highest BCUT2D eigenvalue weighted by Crippen LogP contribution is 2.30. The molecule has 3 aromatic rings. The molecular formula is C16H18N6O3. The summed E-state index contributed by atoms with van der Waals surface area (Å²) < 4.78 is 8.67. The maximum Gasteiger partial charge on any atom is 0.267 e. The molecule has 0 saturated carbocycles. The van der Waals surface area contributed by atoms with E-state index in [1.807, 2.05) is 20.0 Å². The van der Waals surface area contributed by atoms with Crippen molar-refractivity contribution in [2.75, 3.05) is 6.61 Å². The number of nitrogens with zero attached hydrogens (tertiary/aromatic N) is 5. The van der Waals surface area contributed by atoms with Gasteiger partial charge in [-0.1, -0.05) is 5.18 Å². The Balaban J connectivity index is 2.17. The summed E-state index contributed by atoms with van der Waals surface area (Å²) in [4.78, 5) is 22.4. The van der Waals surface area contributed by atoms with Gasteiger partial charge in [-0.05, 0) is 26.0 Å². The molecule has 3 aromatic heterocycles. The van der Waals surface area contributed by atoms with Gasteiger partial charge in [0.2, 0.25) is 0 Å². The van der Waals surface area contributed by atoms with Crippen molar-refractivity contribution in [1.82, 2.24) is 19.4 Å². The van der Waals surface area contributed by atoms with E-state index in [2.05, 4.69) is 15.4 Å². The van der Waals surface area contributed by atoms with E-state index in [1.165, 1.54) is 10.7 Å². The van der Waals surface area contributed by atoms with Gasteiger partial charge < -0.3 is 10.5 Å². The van der Waals surface area contributed by atoms with Crippen molar-refractivity contribution in [3.05, 3.63) is 46.9 Å². The van der Waals surface area contributed by atoms with Crippen LogP contribution in [0.25, 0.3) is 16.6 Å². The summed E-state index contributed by atoms with van der Waals surface area (Å²) in [6.45, 7) is 4.32. The lowest BCUT2D eigenvalue weighted by Gasteiger charge is -2.11. The Morgan fingerprint density at radius 2 is 2.16 bits per heavy atom. The number of nitrogens with two attached hydrogens (primary N) is 1. The third kappa shape index (κ3) is 3.01. The second kappa shape index (κ2) is 6.81. The van der Waals surface area contributed by atoms with Crippen molar-refractivity contribution in [2.45, 2.75) is 26.6 Å². The molecule has 2 N–H and O–H groups in total. The van der Waals surface area contributed by atoms with E-state index in [4.69, 9.17) is 10.5 Å². The van der Waals surface area contributed by atoms with Crippen LogP contribution in [0.3, 0.4) is 0 Å². The quantitative estimate of drug-likeness (QED) is 0.660. The van der Waals surface area contributed by atoms with Crippen molar-refractivity contribution in [3.8, 4) is 11.1 Å². The first-order valence-corrected chi connectivity index (χ1v) is 7.81. The molecule has 1 atom stereocenters. The number of fused-ring (bicyclic) bond motifs is 1. The number of nitroso groups, excluding NO2 is 1. The largest absolute Gasteiger partial charge is 0.364 e. The zero-order valence-corrected chi connectivity index (χ0v) is 13.9. The van der Waals surface area contributed by atoms with Gasteiger partial charge in [-0.2, -0.15) is 15.1 Å². The molecule has 1 amide bonds. The average Bonchev–Trinajstić information content (AvgIpc) is 3.22. The number of carbonyl (C=O) groups is 1. The van der Waals surface area contributed by atoms with E-state index in [9.17, 15) is 9.70 Å². The SMILES string of the molecule is CCOC(C)n1cc(-c2c(CN=O)cnn3c(C(N)=O)ccc23)cn1. The van der Waals surface area contributed by atoms with Crippen molar-refractivity contribution in [2.24, 2.45) is 10.9 Å². The Labute approximate surface area is 143 Å². The fourth-order valence-electron chi connectivity index (χ4n) is 2.79. The molecule has 0 spiro atoms. The zero-order chi connectivity index (χ0) is 18.0. The molecule has 0 bridgehead atoms. The highest BCUT2D eigenvalue weighted by Gasteiger charge is 2.18. The minimum absolute atomic E-state index is 0.0396. The number of hydrogen-bond acceptors (Lipinski definition) is 6. The molecule has 9 heteroatoms. The Hall–Kier alpha value is -3.07. The summed E-state index contributed by atoms with van der Waals surface area (Å²) in [5.41, 5.74) is 8.44. The van der Waals surface area contributed by atoms with Crippen molar-refractivity contribution in [3.63, 3.8) is 0 Å². The molecule has 0 fully saturated rings. The first kappa shape index (κ1) is 16.8. The summed E-state index contributed by atoms with van der Waals surface area (Å²) >= 11 is 0. The fraction of sp³-hybridized carbons (Fsp3) is 0.312. The van der Waals surface area contributed by atoms with E-state index in [-0.39, 0.29) is 18.5 Å². The molecule has 0 radical (unpaired) electrons. The summed E-state index contributed by atoms with van der Waals surface area (Å²) in [5.74, 6) is -0.583. The normalized spacial score (nSPS) is 12.4. The maximum atomic E-state index is 11.6. The first-order chi connectivity index (χ1) is 12.1. The number of ether oxygens (including phenoxy) is 1. The van der Waals surface area contributed by atoms with E-state index in [0.29, 0.717) is 17.7 Å². The van der Waals surface area contributed by atoms with Crippen LogP contribution in [0.1, 0.15) is 36.1 Å². The predicted octanol–water partition coefficient (Wildman–Crippen LogP) is 2.12. The zero-order valence-electron chi connectivity index (χ0n) is 13.9. The van der Waals surface area contributed by atoms with Crippen LogP contribution >= 0.6 is 0 Å². The molecular weight excluding hydrogens is 324 g/mol. The molecule has 130 valence electrons. The van der Waals surface area contributed by atoms with E-state index in [1.54, 1.807) is 23.0 Å². The molecule has 1 unspecified atom stereocenters. The minimum Gasteiger partial charge on any atom is -0.364 e. The number of carbonyl (C=O) groups excluding carboxylic acids is 1. The highest BCUT2D eigenvalue weighted by molar-refractivity contribution is 5.94. The molecule has 0 aliphatic rings. The van der Waals surface area contributed by atoms with E-state index < -0.39 is 5.91 Å². The van der Waals surface area contributed by atoms with Crippen LogP contribution in [-0.2, 0) is 11.3 Å². The van der Waals surface area contributed by atoms with E-state index in [0.717, 1.165) is 11.1 Å².